The van der Waals surface area contributed by atoms with Gasteiger partial charge < -0.3 is 10.6 Å². The van der Waals surface area contributed by atoms with Crippen molar-refractivity contribution in [3.05, 3.63) is 65.2 Å². The average Bonchev–Trinajstić information content (AvgIpc) is 2.58. The van der Waals surface area contributed by atoms with Crippen molar-refractivity contribution >= 4 is 11.6 Å². The minimum absolute atomic E-state index is 0.0118. The number of likely N-dealkylation sites (N-methyl/N-ethyl adjacent to an activating group) is 1. The molecule has 2 atom stereocenters. The number of hydrogen-bond donors (Lipinski definition) is 2. The van der Waals surface area contributed by atoms with E-state index < -0.39 is 0 Å². The van der Waals surface area contributed by atoms with Crippen LogP contribution < -0.4 is 10.6 Å². The molecule has 4 nitrogen and oxygen atoms in total. The summed E-state index contributed by atoms with van der Waals surface area (Å²) < 4.78 is 0. The molecule has 0 aliphatic carbocycles. The molecule has 0 saturated heterocycles. The summed E-state index contributed by atoms with van der Waals surface area (Å²) in [5.41, 5.74) is 4.87. The summed E-state index contributed by atoms with van der Waals surface area (Å²) in [4.78, 5) is 14.0. The number of amides is 1. The Morgan fingerprint density at radius 1 is 1.17 bits per heavy atom. The standard InChI is InChI=1S/C20H25N3O/c1-4-21-18-12-8-11-16-17(15-9-6-5-7-10-15)13-23(3)20(19(16)18)22-14(2)24/h5-12,17,20-21H,4,13H2,1-3H3,(H,22,24). The van der Waals surface area contributed by atoms with E-state index >= 15 is 0 Å². The van der Waals surface area contributed by atoms with Crippen LogP contribution in [-0.2, 0) is 4.79 Å². The number of benzene rings is 2. The van der Waals surface area contributed by atoms with Gasteiger partial charge in [-0.05, 0) is 31.2 Å². The van der Waals surface area contributed by atoms with E-state index in [1.165, 1.54) is 16.7 Å². The van der Waals surface area contributed by atoms with Crippen LogP contribution in [0.4, 0.5) is 5.69 Å². The molecule has 0 fully saturated rings. The van der Waals surface area contributed by atoms with Gasteiger partial charge in [-0.25, -0.2) is 0 Å². The molecule has 126 valence electrons. The highest BCUT2D eigenvalue weighted by atomic mass is 16.1. The Kier molecular flexibility index (Phi) is 4.86. The van der Waals surface area contributed by atoms with E-state index in [2.05, 4.69) is 72.0 Å². The van der Waals surface area contributed by atoms with Gasteiger partial charge in [-0.15, -0.1) is 0 Å². The quantitative estimate of drug-likeness (QED) is 0.907. The highest BCUT2D eigenvalue weighted by Gasteiger charge is 2.34. The normalized spacial score (nSPS) is 20.3. The molecule has 1 amide bonds. The lowest BCUT2D eigenvalue weighted by Gasteiger charge is -2.40. The average molecular weight is 323 g/mol. The summed E-state index contributed by atoms with van der Waals surface area (Å²) >= 11 is 0. The molecule has 0 radical (unpaired) electrons. The van der Waals surface area contributed by atoms with Crippen LogP contribution in [0.15, 0.2) is 48.5 Å². The third kappa shape index (κ3) is 3.15. The molecule has 1 heterocycles. The van der Waals surface area contributed by atoms with E-state index in [0.717, 1.165) is 18.8 Å². The molecular formula is C20H25N3O. The first-order valence-corrected chi connectivity index (χ1v) is 8.50. The van der Waals surface area contributed by atoms with Crippen molar-refractivity contribution in [1.29, 1.82) is 0 Å². The van der Waals surface area contributed by atoms with Gasteiger partial charge in [0.25, 0.3) is 0 Å². The second-order valence-corrected chi connectivity index (χ2v) is 6.34. The topological polar surface area (TPSA) is 44.4 Å². The molecule has 0 spiro atoms. The third-order valence-electron chi connectivity index (χ3n) is 4.61. The number of nitrogens with one attached hydrogen (secondary N) is 2. The van der Waals surface area contributed by atoms with Crippen LogP contribution in [0, 0.1) is 0 Å². The van der Waals surface area contributed by atoms with Crippen molar-refractivity contribution in [2.45, 2.75) is 25.9 Å². The van der Waals surface area contributed by atoms with Gasteiger partial charge in [0, 0.05) is 37.2 Å². The van der Waals surface area contributed by atoms with E-state index in [1.54, 1.807) is 6.92 Å². The predicted octanol–water partition coefficient (Wildman–Crippen LogP) is 3.33. The number of carbonyl (C=O) groups is 1. The Morgan fingerprint density at radius 3 is 2.58 bits per heavy atom. The summed E-state index contributed by atoms with van der Waals surface area (Å²) in [5.74, 6) is 0.289. The third-order valence-corrected chi connectivity index (χ3v) is 4.61. The van der Waals surface area contributed by atoms with Crippen LogP contribution in [0.25, 0.3) is 0 Å². The Balaban J connectivity index is 2.12. The number of anilines is 1. The molecule has 2 aromatic rings. The van der Waals surface area contributed by atoms with Crippen molar-refractivity contribution in [1.82, 2.24) is 10.2 Å². The van der Waals surface area contributed by atoms with Gasteiger partial charge in [-0.3, -0.25) is 9.69 Å². The summed E-state index contributed by atoms with van der Waals surface area (Å²) in [7, 11) is 2.07. The van der Waals surface area contributed by atoms with E-state index in [0.29, 0.717) is 5.92 Å². The zero-order valence-electron chi connectivity index (χ0n) is 14.5. The second kappa shape index (κ2) is 7.05. The van der Waals surface area contributed by atoms with Crippen molar-refractivity contribution in [2.75, 3.05) is 25.5 Å². The van der Waals surface area contributed by atoms with Gasteiger partial charge in [0.15, 0.2) is 0 Å². The maximum Gasteiger partial charge on any atom is 0.218 e. The highest BCUT2D eigenvalue weighted by molar-refractivity contribution is 5.74. The van der Waals surface area contributed by atoms with Crippen LogP contribution in [-0.4, -0.2) is 30.9 Å². The highest BCUT2D eigenvalue weighted by Crippen LogP contribution is 2.41. The smallest absolute Gasteiger partial charge is 0.218 e. The molecule has 2 N–H and O–H groups in total. The lowest BCUT2D eigenvalue weighted by atomic mass is 9.82. The van der Waals surface area contributed by atoms with E-state index in [9.17, 15) is 4.79 Å². The lowest BCUT2D eigenvalue weighted by molar-refractivity contribution is -0.121. The lowest BCUT2D eigenvalue weighted by Crippen LogP contribution is -2.44. The largest absolute Gasteiger partial charge is 0.385 e. The second-order valence-electron chi connectivity index (χ2n) is 6.34. The fourth-order valence-electron chi connectivity index (χ4n) is 3.59. The van der Waals surface area contributed by atoms with Gasteiger partial charge in [0.2, 0.25) is 5.91 Å². The van der Waals surface area contributed by atoms with Crippen molar-refractivity contribution in [2.24, 2.45) is 0 Å². The maximum absolute atomic E-state index is 11.7. The zero-order valence-corrected chi connectivity index (χ0v) is 14.5. The Labute approximate surface area is 143 Å². The first-order valence-electron chi connectivity index (χ1n) is 8.50. The van der Waals surface area contributed by atoms with Gasteiger partial charge in [0.1, 0.15) is 6.17 Å². The summed E-state index contributed by atoms with van der Waals surface area (Å²) in [6.45, 7) is 5.39. The number of rotatable bonds is 4. The van der Waals surface area contributed by atoms with Crippen molar-refractivity contribution in [3.63, 3.8) is 0 Å². The molecule has 2 unspecified atom stereocenters. The van der Waals surface area contributed by atoms with Crippen LogP contribution in [0.2, 0.25) is 0 Å². The molecule has 4 heteroatoms. The van der Waals surface area contributed by atoms with E-state index in [4.69, 9.17) is 0 Å². The number of nitrogens with zero attached hydrogens (tertiary/aromatic N) is 1. The molecule has 0 bridgehead atoms. The minimum Gasteiger partial charge on any atom is -0.385 e. The monoisotopic (exact) mass is 323 g/mol. The molecule has 3 rings (SSSR count). The van der Waals surface area contributed by atoms with Gasteiger partial charge in [0.05, 0.1) is 0 Å². The van der Waals surface area contributed by atoms with Gasteiger partial charge in [-0.2, -0.15) is 0 Å². The van der Waals surface area contributed by atoms with E-state index in [-0.39, 0.29) is 12.1 Å². The molecule has 2 aromatic carbocycles. The van der Waals surface area contributed by atoms with Crippen molar-refractivity contribution in [3.8, 4) is 0 Å². The van der Waals surface area contributed by atoms with Gasteiger partial charge >= 0.3 is 0 Å². The summed E-state index contributed by atoms with van der Waals surface area (Å²) in [6.07, 6.45) is -0.104. The molecule has 0 aromatic heterocycles. The first-order chi connectivity index (χ1) is 11.6. The van der Waals surface area contributed by atoms with Crippen LogP contribution in [0.3, 0.4) is 0 Å². The number of carbonyl (C=O) groups excluding carboxylic acids is 1. The summed E-state index contributed by atoms with van der Waals surface area (Å²) in [6, 6.07) is 17.0. The summed E-state index contributed by atoms with van der Waals surface area (Å²) in [5, 5.41) is 6.56. The molecule has 1 aliphatic rings. The molecule has 24 heavy (non-hydrogen) atoms. The Hall–Kier alpha value is -2.33. The molecule has 0 saturated carbocycles. The molecule has 1 aliphatic heterocycles. The minimum atomic E-state index is -0.104. The predicted molar refractivity (Wildman–Crippen MR) is 98.1 cm³/mol. The SMILES string of the molecule is CCNc1cccc2c1C(NC(C)=O)N(C)CC2c1ccccc1. The fourth-order valence-corrected chi connectivity index (χ4v) is 3.59. The number of hydrogen-bond acceptors (Lipinski definition) is 3. The van der Waals surface area contributed by atoms with Crippen LogP contribution in [0.5, 0.6) is 0 Å². The molecular weight excluding hydrogens is 298 g/mol. The fraction of sp³-hybridized carbons (Fsp3) is 0.350. The Bertz CT molecular complexity index is 714. The number of fused-ring (bicyclic) bond motifs is 1. The van der Waals surface area contributed by atoms with E-state index in [1.807, 2.05) is 6.07 Å². The van der Waals surface area contributed by atoms with Crippen LogP contribution >= 0.6 is 0 Å². The van der Waals surface area contributed by atoms with Crippen molar-refractivity contribution < 1.29 is 4.79 Å². The zero-order chi connectivity index (χ0) is 17.1. The maximum atomic E-state index is 11.7. The Morgan fingerprint density at radius 2 is 1.92 bits per heavy atom. The first kappa shape index (κ1) is 16.5. The van der Waals surface area contributed by atoms with Crippen LogP contribution in [0.1, 0.15) is 42.6 Å². The van der Waals surface area contributed by atoms with Gasteiger partial charge in [-0.1, -0.05) is 42.5 Å².